The van der Waals surface area contributed by atoms with Gasteiger partial charge in [-0.25, -0.2) is 0 Å². The Hall–Kier alpha value is -1.97. The average molecular weight is 271 g/mol. The number of hydrogen-bond acceptors (Lipinski definition) is 2. The Balaban J connectivity index is 1.88. The number of aryl methyl sites for hydroxylation is 1. The SMILES string of the molecule is CC(C)C(=O)NC1CCc2[nH]c3ccc(N)cc3c2C1. The van der Waals surface area contributed by atoms with E-state index >= 15 is 0 Å². The first-order valence-electron chi connectivity index (χ1n) is 7.24. The largest absolute Gasteiger partial charge is 0.399 e. The highest BCUT2D eigenvalue weighted by Gasteiger charge is 2.24. The highest BCUT2D eigenvalue weighted by molar-refractivity contribution is 5.88. The van der Waals surface area contributed by atoms with Crippen LogP contribution in [0.4, 0.5) is 5.69 Å². The molecule has 1 heterocycles. The predicted molar refractivity (Wildman–Crippen MR) is 81.5 cm³/mol. The molecule has 0 saturated carbocycles. The lowest BCUT2D eigenvalue weighted by atomic mass is 9.91. The van der Waals surface area contributed by atoms with E-state index in [0.717, 1.165) is 30.5 Å². The molecule has 0 saturated heterocycles. The van der Waals surface area contributed by atoms with Crippen LogP contribution in [0.5, 0.6) is 0 Å². The number of amides is 1. The highest BCUT2D eigenvalue weighted by atomic mass is 16.1. The second kappa shape index (κ2) is 4.85. The number of carbonyl (C=O) groups excluding carboxylic acids is 1. The Labute approximate surface area is 118 Å². The van der Waals surface area contributed by atoms with Gasteiger partial charge >= 0.3 is 0 Å². The van der Waals surface area contributed by atoms with E-state index in [9.17, 15) is 4.79 Å². The molecule has 1 atom stereocenters. The van der Waals surface area contributed by atoms with E-state index in [1.165, 1.54) is 16.6 Å². The number of anilines is 1. The molecular weight excluding hydrogens is 250 g/mol. The van der Waals surface area contributed by atoms with Gasteiger partial charge in [0.15, 0.2) is 0 Å². The molecular formula is C16H21N3O. The molecule has 0 spiro atoms. The van der Waals surface area contributed by atoms with Crippen molar-refractivity contribution in [3.05, 3.63) is 29.5 Å². The maximum atomic E-state index is 11.8. The summed E-state index contributed by atoms with van der Waals surface area (Å²) in [5.41, 5.74) is 10.4. The summed E-state index contributed by atoms with van der Waals surface area (Å²) in [6.07, 6.45) is 2.86. The van der Waals surface area contributed by atoms with E-state index in [1.807, 2.05) is 32.0 Å². The van der Waals surface area contributed by atoms with E-state index < -0.39 is 0 Å². The Bertz CT molecular complexity index is 657. The summed E-state index contributed by atoms with van der Waals surface area (Å²) in [5, 5.41) is 4.34. The average Bonchev–Trinajstić information content (AvgIpc) is 2.76. The fraction of sp³-hybridized carbons (Fsp3) is 0.438. The third-order valence-electron chi connectivity index (χ3n) is 4.08. The zero-order chi connectivity index (χ0) is 14.3. The smallest absolute Gasteiger partial charge is 0.222 e. The number of aromatic amines is 1. The first-order chi connectivity index (χ1) is 9.54. The molecule has 0 aliphatic heterocycles. The molecule has 0 radical (unpaired) electrons. The van der Waals surface area contributed by atoms with Crippen LogP contribution in [-0.4, -0.2) is 16.9 Å². The molecule has 2 aromatic rings. The predicted octanol–water partition coefficient (Wildman–Crippen LogP) is 2.38. The highest BCUT2D eigenvalue weighted by Crippen LogP contribution is 2.30. The molecule has 1 aliphatic carbocycles. The van der Waals surface area contributed by atoms with Gasteiger partial charge in [-0.3, -0.25) is 4.79 Å². The maximum Gasteiger partial charge on any atom is 0.222 e. The van der Waals surface area contributed by atoms with Crippen molar-refractivity contribution < 1.29 is 4.79 Å². The summed E-state index contributed by atoms with van der Waals surface area (Å²) in [6, 6.07) is 6.21. The van der Waals surface area contributed by atoms with Gasteiger partial charge in [-0.15, -0.1) is 0 Å². The van der Waals surface area contributed by atoms with Crippen LogP contribution in [0, 0.1) is 5.92 Å². The fourth-order valence-electron chi connectivity index (χ4n) is 2.93. The minimum Gasteiger partial charge on any atom is -0.399 e. The van der Waals surface area contributed by atoms with Crippen molar-refractivity contribution in [3.8, 4) is 0 Å². The van der Waals surface area contributed by atoms with Crippen molar-refractivity contribution in [2.24, 2.45) is 5.92 Å². The Morgan fingerprint density at radius 1 is 1.45 bits per heavy atom. The number of carbonyl (C=O) groups is 1. The van der Waals surface area contributed by atoms with Gasteiger partial charge in [0.2, 0.25) is 5.91 Å². The number of nitrogen functional groups attached to an aromatic ring is 1. The van der Waals surface area contributed by atoms with Crippen molar-refractivity contribution >= 4 is 22.5 Å². The summed E-state index contributed by atoms with van der Waals surface area (Å²) >= 11 is 0. The molecule has 1 aromatic carbocycles. The van der Waals surface area contributed by atoms with Crippen LogP contribution in [-0.2, 0) is 17.6 Å². The van der Waals surface area contributed by atoms with Crippen LogP contribution in [0.3, 0.4) is 0 Å². The van der Waals surface area contributed by atoms with E-state index in [2.05, 4.69) is 10.3 Å². The molecule has 4 N–H and O–H groups in total. The van der Waals surface area contributed by atoms with Crippen LogP contribution in [0.15, 0.2) is 18.2 Å². The summed E-state index contributed by atoms with van der Waals surface area (Å²) in [4.78, 5) is 15.3. The third-order valence-corrected chi connectivity index (χ3v) is 4.08. The summed E-state index contributed by atoms with van der Waals surface area (Å²) in [5.74, 6) is 0.174. The molecule has 3 rings (SSSR count). The molecule has 1 amide bonds. The number of nitrogens with two attached hydrogens (primary N) is 1. The van der Waals surface area contributed by atoms with Gasteiger partial charge in [-0.05, 0) is 43.0 Å². The second-order valence-electron chi connectivity index (χ2n) is 5.99. The summed E-state index contributed by atoms with van der Waals surface area (Å²) in [7, 11) is 0. The van der Waals surface area contributed by atoms with Crippen molar-refractivity contribution in [3.63, 3.8) is 0 Å². The van der Waals surface area contributed by atoms with Crippen LogP contribution >= 0.6 is 0 Å². The van der Waals surface area contributed by atoms with Crippen molar-refractivity contribution in [2.45, 2.75) is 39.2 Å². The van der Waals surface area contributed by atoms with Gasteiger partial charge in [0.25, 0.3) is 0 Å². The van der Waals surface area contributed by atoms with Gasteiger partial charge < -0.3 is 16.0 Å². The lowest BCUT2D eigenvalue weighted by Crippen LogP contribution is -2.40. The minimum absolute atomic E-state index is 0.0370. The third kappa shape index (κ3) is 2.26. The standard InChI is InChI=1S/C16H21N3O/c1-9(2)16(20)18-11-4-6-15-13(8-11)12-7-10(17)3-5-14(12)19-15/h3,5,7,9,11,19H,4,6,8,17H2,1-2H3,(H,18,20). The Kier molecular flexibility index (Phi) is 3.16. The topological polar surface area (TPSA) is 70.9 Å². The molecule has 106 valence electrons. The Morgan fingerprint density at radius 2 is 2.25 bits per heavy atom. The number of fused-ring (bicyclic) bond motifs is 3. The van der Waals surface area contributed by atoms with Crippen LogP contribution in [0.2, 0.25) is 0 Å². The zero-order valence-electron chi connectivity index (χ0n) is 12.0. The lowest BCUT2D eigenvalue weighted by molar-refractivity contribution is -0.124. The Morgan fingerprint density at radius 3 is 3.00 bits per heavy atom. The van der Waals surface area contributed by atoms with Crippen molar-refractivity contribution in [2.75, 3.05) is 5.73 Å². The molecule has 1 unspecified atom stereocenters. The van der Waals surface area contributed by atoms with Gasteiger partial charge in [0.1, 0.15) is 0 Å². The number of rotatable bonds is 2. The monoisotopic (exact) mass is 271 g/mol. The molecule has 20 heavy (non-hydrogen) atoms. The molecule has 1 aromatic heterocycles. The minimum atomic E-state index is 0.0370. The number of H-pyrrole nitrogens is 1. The van der Waals surface area contributed by atoms with E-state index in [0.29, 0.717) is 0 Å². The van der Waals surface area contributed by atoms with Crippen molar-refractivity contribution in [1.29, 1.82) is 0 Å². The maximum absolute atomic E-state index is 11.8. The van der Waals surface area contributed by atoms with Gasteiger partial charge in [0, 0.05) is 34.2 Å². The quantitative estimate of drug-likeness (QED) is 0.734. The van der Waals surface area contributed by atoms with Gasteiger partial charge in [-0.1, -0.05) is 13.8 Å². The van der Waals surface area contributed by atoms with Crippen LogP contribution in [0.1, 0.15) is 31.5 Å². The molecule has 0 bridgehead atoms. The van der Waals surface area contributed by atoms with Crippen LogP contribution < -0.4 is 11.1 Å². The molecule has 4 nitrogen and oxygen atoms in total. The normalized spacial score (nSPS) is 18.2. The van der Waals surface area contributed by atoms with E-state index in [4.69, 9.17) is 5.73 Å². The van der Waals surface area contributed by atoms with E-state index in [-0.39, 0.29) is 17.9 Å². The van der Waals surface area contributed by atoms with Crippen molar-refractivity contribution in [1.82, 2.24) is 10.3 Å². The van der Waals surface area contributed by atoms with Crippen LogP contribution in [0.25, 0.3) is 10.9 Å². The molecule has 4 heteroatoms. The van der Waals surface area contributed by atoms with Gasteiger partial charge in [-0.2, -0.15) is 0 Å². The fourth-order valence-corrected chi connectivity index (χ4v) is 2.93. The number of hydrogen-bond donors (Lipinski definition) is 3. The number of aromatic nitrogens is 1. The lowest BCUT2D eigenvalue weighted by Gasteiger charge is -2.24. The first-order valence-corrected chi connectivity index (χ1v) is 7.24. The molecule has 0 fully saturated rings. The zero-order valence-corrected chi connectivity index (χ0v) is 12.0. The summed E-state index contributed by atoms with van der Waals surface area (Å²) < 4.78 is 0. The second-order valence-corrected chi connectivity index (χ2v) is 5.99. The number of benzene rings is 1. The number of nitrogens with one attached hydrogen (secondary N) is 2. The van der Waals surface area contributed by atoms with E-state index in [1.54, 1.807) is 0 Å². The molecule has 1 aliphatic rings. The van der Waals surface area contributed by atoms with Gasteiger partial charge in [0.05, 0.1) is 0 Å². The first kappa shape index (κ1) is 13.0. The summed E-state index contributed by atoms with van der Waals surface area (Å²) in [6.45, 7) is 3.85.